The van der Waals surface area contributed by atoms with Crippen molar-refractivity contribution in [2.24, 2.45) is 0 Å². The zero-order valence-electron chi connectivity index (χ0n) is 17.1. The molecule has 0 bridgehead atoms. The number of hydrogen-bond donors (Lipinski definition) is 1. The Balaban J connectivity index is 1.68. The van der Waals surface area contributed by atoms with Crippen LogP contribution in [0.15, 0.2) is 30.3 Å². The van der Waals surface area contributed by atoms with Crippen LogP contribution < -0.4 is 4.74 Å². The lowest BCUT2D eigenvalue weighted by atomic mass is 9.76. The van der Waals surface area contributed by atoms with Crippen molar-refractivity contribution in [3.8, 4) is 5.75 Å². The van der Waals surface area contributed by atoms with E-state index in [9.17, 15) is 18.3 Å². The number of halogens is 3. The second kappa shape index (κ2) is 9.66. The van der Waals surface area contributed by atoms with E-state index in [1.54, 1.807) is 19.1 Å². The molecule has 1 aliphatic carbocycles. The van der Waals surface area contributed by atoms with E-state index in [1.165, 1.54) is 12.1 Å². The van der Waals surface area contributed by atoms with Gasteiger partial charge in [-0.1, -0.05) is 31.5 Å². The van der Waals surface area contributed by atoms with Crippen LogP contribution >= 0.6 is 0 Å². The number of aliphatic hydroxyl groups excluding tert-OH is 1. The Hall–Kier alpha value is -2.01. The van der Waals surface area contributed by atoms with E-state index in [1.807, 2.05) is 13.0 Å². The molecule has 0 saturated heterocycles. The topological polar surface area (TPSA) is 29.5 Å². The minimum Gasteiger partial charge on any atom is -0.491 e. The Morgan fingerprint density at radius 2 is 1.66 bits per heavy atom. The predicted octanol–water partition coefficient (Wildman–Crippen LogP) is 6.78. The fourth-order valence-corrected chi connectivity index (χ4v) is 4.36. The molecule has 3 rings (SSSR count). The molecule has 0 spiro atoms. The molecule has 0 aliphatic heterocycles. The first kappa shape index (κ1) is 21.7. The molecule has 0 heterocycles. The summed E-state index contributed by atoms with van der Waals surface area (Å²) in [6.45, 7) is 3.96. The van der Waals surface area contributed by atoms with Crippen molar-refractivity contribution in [3.05, 3.63) is 64.5 Å². The Morgan fingerprint density at radius 3 is 2.28 bits per heavy atom. The summed E-state index contributed by atoms with van der Waals surface area (Å²) in [6.07, 6.45) is 3.56. The summed E-state index contributed by atoms with van der Waals surface area (Å²) in [7, 11) is 0. The van der Waals surface area contributed by atoms with E-state index in [0.717, 1.165) is 37.7 Å². The zero-order chi connectivity index (χ0) is 21.0. The molecule has 1 N–H and O–H groups in total. The highest BCUT2D eigenvalue weighted by molar-refractivity contribution is 5.34. The van der Waals surface area contributed by atoms with Crippen LogP contribution in [0.3, 0.4) is 0 Å². The number of rotatable bonds is 7. The Labute approximate surface area is 170 Å². The SMILES string of the molecule is CCCC(O)c1ccc(C2CCC(c3ccc(OCC)c(F)c3F)CC2)cc1F. The molecule has 1 atom stereocenters. The van der Waals surface area contributed by atoms with Crippen LogP contribution in [-0.2, 0) is 0 Å². The van der Waals surface area contributed by atoms with Gasteiger partial charge in [-0.25, -0.2) is 8.78 Å². The summed E-state index contributed by atoms with van der Waals surface area (Å²) in [5, 5.41) is 10.0. The van der Waals surface area contributed by atoms with E-state index in [0.29, 0.717) is 17.5 Å². The van der Waals surface area contributed by atoms with Crippen LogP contribution in [0.25, 0.3) is 0 Å². The molecule has 0 radical (unpaired) electrons. The van der Waals surface area contributed by atoms with Gasteiger partial charge in [0.25, 0.3) is 0 Å². The van der Waals surface area contributed by atoms with Crippen molar-refractivity contribution < 1.29 is 23.0 Å². The highest BCUT2D eigenvalue weighted by Gasteiger charge is 2.28. The lowest BCUT2D eigenvalue weighted by Crippen LogP contribution is -2.14. The van der Waals surface area contributed by atoms with Gasteiger partial charge < -0.3 is 9.84 Å². The summed E-state index contributed by atoms with van der Waals surface area (Å²) in [5.74, 6) is -2.02. The van der Waals surface area contributed by atoms with Gasteiger partial charge in [-0.2, -0.15) is 4.39 Å². The molecule has 2 aromatic carbocycles. The van der Waals surface area contributed by atoms with Gasteiger partial charge >= 0.3 is 0 Å². The van der Waals surface area contributed by atoms with Gasteiger partial charge in [0.2, 0.25) is 5.82 Å². The molecule has 1 aliphatic rings. The van der Waals surface area contributed by atoms with Crippen molar-refractivity contribution in [1.82, 2.24) is 0 Å². The zero-order valence-corrected chi connectivity index (χ0v) is 17.1. The standard InChI is InChI=1S/C24H29F3O2/c1-3-5-21(28)19-11-10-17(14-20(19)25)15-6-8-16(9-7-15)18-12-13-22(29-4-2)24(27)23(18)26/h10-16,21,28H,3-9H2,1-2H3. The molecule has 2 aromatic rings. The molecule has 1 unspecified atom stereocenters. The van der Waals surface area contributed by atoms with E-state index in [-0.39, 0.29) is 30.0 Å². The first-order chi connectivity index (χ1) is 14.0. The quantitative estimate of drug-likeness (QED) is 0.549. The van der Waals surface area contributed by atoms with Gasteiger partial charge in [-0.15, -0.1) is 0 Å². The van der Waals surface area contributed by atoms with Crippen molar-refractivity contribution in [2.75, 3.05) is 6.61 Å². The van der Waals surface area contributed by atoms with E-state index < -0.39 is 17.7 Å². The fourth-order valence-electron chi connectivity index (χ4n) is 4.36. The number of ether oxygens (including phenoxy) is 1. The lowest BCUT2D eigenvalue weighted by Gasteiger charge is -2.29. The highest BCUT2D eigenvalue weighted by Crippen LogP contribution is 2.42. The Bertz CT molecular complexity index is 829. The van der Waals surface area contributed by atoms with Crippen LogP contribution in [0, 0.1) is 17.5 Å². The van der Waals surface area contributed by atoms with Crippen LogP contribution in [0.2, 0.25) is 0 Å². The van der Waals surface area contributed by atoms with Crippen LogP contribution in [0.5, 0.6) is 5.75 Å². The Morgan fingerprint density at radius 1 is 0.966 bits per heavy atom. The monoisotopic (exact) mass is 406 g/mol. The molecule has 1 fully saturated rings. The minimum absolute atomic E-state index is 0.0491. The normalized spacial score (nSPS) is 20.5. The average molecular weight is 406 g/mol. The molecule has 158 valence electrons. The van der Waals surface area contributed by atoms with E-state index >= 15 is 0 Å². The van der Waals surface area contributed by atoms with Crippen LogP contribution in [-0.4, -0.2) is 11.7 Å². The molecule has 0 amide bonds. The fraction of sp³-hybridized carbons (Fsp3) is 0.500. The van der Waals surface area contributed by atoms with Crippen molar-refractivity contribution in [2.45, 2.75) is 70.3 Å². The van der Waals surface area contributed by atoms with Crippen molar-refractivity contribution in [1.29, 1.82) is 0 Å². The smallest absolute Gasteiger partial charge is 0.200 e. The first-order valence-corrected chi connectivity index (χ1v) is 10.5. The first-order valence-electron chi connectivity index (χ1n) is 10.5. The van der Waals surface area contributed by atoms with E-state index in [4.69, 9.17) is 4.74 Å². The molecule has 2 nitrogen and oxygen atoms in total. The number of aliphatic hydroxyl groups is 1. The number of benzene rings is 2. The highest BCUT2D eigenvalue weighted by atomic mass is 19.2. The second-order valence-corrected chi connectivity index (χ2v) is 7.85. The third-order valence-electron chi connectivity index (χ3n) is 5.96. The minimum atomic E-state index is -0.922. The van der Waals surface area contributed by atoms with Crippen LogP contribution in [0.4, 0.5) is 13.2 Å². The van der Waals surface area contributed by atoms with E-state index in [2.05, 4.69) is 0 Å². The maximum Gasteiger partial charge on any atom is 0.200 e. The van der Waals surface area contributed by atoms with Crippen LogP contribution in [0.1, 0.15) is 87.0 Å². The maximum absolute atomic E-state index is 14.5. The lowest BCUT2D eigenvalue weighted by molar-refractivity contribution is 0.162. The molecule has 0 aromatic heterocycles. The molecule has 1 saturated carbocycles. The van der Waals surface area contributed by atoms with Gasteiger partial charge in [-0.3, -0.25) is 0 Å². The van der Waals surface area contributed by atoms with Gasteiger partial charge in [0.05, 0.1) is 12.7 Å². The predicted molar refractivity (Wildman–Crippen MR) is 108 cm³/mol. The van der Waals surface area contributed by atoms with Gasteiger partial charge in [-0.05, 0) is 74.1 Å². The largest absolute Gasteiger partial charge is 0.491 e. The summed E-state index contributed by atoms with van der Waals surface area (Å²) in [6, 6.07) is 8.21. The summed E-state index contributed by atoms with van der Waals surface area (Å²) in [5.41, 5.74) is 1.65. The molecule has 5 heteroatoms. The average Bonchev–Trinajstić information content (AvgIpc) is 2.72. The third kappa shape index (κ3) is 4.77. The number of hydrogen-bond acceptors (Lipinski definition) is 2. The van der Waals surface area contributed by atoms with Gasteiger partial charge in [0.15, 0.2) is 11.6 Å². The van der Waals surface area contributed by atoms with Crippen molar-refractivity contribution in [3.63, 3.8) is 0 Å². The van der Waals surface area contributed by atoms with Gasteiger partial charge in [0, 0.05) is 5.56 Å². The summed E-state index contributed by atoms with van der Waals surface area (Å²) >= 11 is 0. The summed E-state index contributed by atoms with van der Waals surface area (Å²) in [4.78, 5) is 0. The molecular formula is C24H29F3O2. The molecular weight excluding hydrogens is 377 g/mol. The summed E-state index contributed by atoms with van der Waals surface area (Å²) < 4.78 is 48.3. The van der Waals surface area contributed by atoms with Crippen molar-refractivity contribution >= 4 is 0 Å². The molecule has 29 heavy (non-hydrogen) atoms. The van der Waals surface area contributed by atoms with Gasteiger partial charge in [0.1, 0.15) is 5.82 Å². The maximum atomic E-state index is 14.5. The third-order valence-corrected chi connectivity index (χ3v) is 5.96. The Kier molecular flexibility index (Phi) is 7.23. The second-order valence-electron chi connectivity index (χ2n) is 7.85.